The quantitative estimate of drug-likeness (QED) is 0.194. The van der Waals surface area contributed by atoms with Crippen molar-refractivity contribution >= 4 is 33.5 Å². The fourth-order valence-electron chi connectivity index (χ4n) is 6.55. The highest BCUT2D eigenvalue weighted by atomic mass is 79.9. The second-order valence-electron chi connectivity index (χ2n) is 10.8. The van der Waals surface area contributed by atoms with E-state index in [0.717, 1.165) is 75.7 Å². The standard InChI is InChI=1S/C32H29BrN4O2S/c1-39-25-15-13-24(14-16-25)36-29(38)27-28(26-8-4-3-7-22(26)19-32(27)17-5-2-6-18-32)37-30(36)34-35-31(37)40-20-21-9-11-23(33)12-10-21/h3-4,7-16H,2,5-6,17-20H2,1H3. The van der Waals surface area contributed by atoms with Gasteiger partial charge in [0, 0.05) is 26.8 Å². The van der Waals surface area contributed by atoms with Crippen LogP contribution in [0, 0.1) is 0 Å². The van der Waals surface area contributed by atoms with Crippen molar-refractivity contribution in [2.24, 2.45) is 0 Å². The van der Waals surface area contributed by atoms with E-state index in [2.05, 4.69) is 79.1 Å². The molecular formula is C32H29BrN4O2S. The van der Waals surface area contributed by atoms with Crippen molar-refractivity contribution in [2.75, 3.05) is 7.11 Å². The van der Waals surface area contributed by atoms with Crippen molar-refractivity contribution in [3.8, 4) is 22.7 Å². The summed E-state index contributed by atoms with van der Waals surface area (Å²) in [4.78, 5) is 14.7. The molecule has 0 amide bonds. The van der Waals surface area contributed by atoms with Gasteiger partial charge >= 0.3 is 0 Å². The number of halogens is 1. The molecule has 0 aliphatic heterocycles. The molecule has 0 atom stereocenters. The fraction of sp³-hybridized carbons (Fsp3) is 0.281. The van der Waals surface area contributed by atoms with E-state index in [1.165, 1.54) is 17.5 Å². The summed E-state index contributed by atoms with van der Waals surface area (Å²) in [6.07, 6.45) is 6.41. The lowest BCUT2D eigenvalue weighted by Gasteiger charge is -2.42. The van der Waals surface area contributed by atoms with Crippen LogP contribution in [0.3, 0.4) is 0 Å². The molecule has 7 rings (SSSR count). The minimum absolute atomic E-state index is 0.0147. The third-order valence-corrected chi connectivity index (χ3v) is 9.98. The molecule has 1 saturated carbocycles. The van der Waals surface area contributed by atoms with Crippen molar-refractivity contribution in [3.05, 3.63) is 104 Å². The van der Waals surface area contributed by atoms with Gasteiger partial charge in [-0.15, -0.1) is 10.2 Å². The highest BCUT2D eigenvalue weighted by molar-refractivity contribution is 9.10. The fourth-order valence-corrected chi connectivity index (χ4v) is 7.70. The van der Waals surface area contributed by atoms with Gasteiger partial charge in [-0.1, -0.05) is 83.4 Å². The number of methoxy groups -OCH3 is 1. The van der Waals surface area contributed by atoms with Gasteiger partial charge in [0.1, 0.15) is 5.75 Å². The summed E-state index contributed by atoms with van der Waals surface area (Å²) in [5, 5.41) is 10.1. The molecule has 0 bridgehead atoms. The summed E-state index contributed by atoms with van der Waals surface area (Å²) >= 11 is 5.18. The predicted molar refractivity (Wildman–Crippen MR) is 163 cm³/mol. The molecule has 2 aromatic heterocycles. The smallest absolute Gasteiger partial charge is 0.263 e. The normalized spacial score (nSPS) is 15.7. The summed E-state index contributed by atoms with van der Waals surface area (Å²) in [6, 6.07) is 24.6. The molecule has 0 saturated heterocycles. The highest BCUT2D eigenvalue weighted by Gasteiger charge is 2.44. The van der Waals surface area contributed by atoms with E-state index >= 15 is 0 Å². The average Bonchev–Trinajstić information content (AvgIpc) is 3.40. The first-order chi connectivity index (χ1) is 19.6. The second kappa shape index (κ2) is 10.2. The zero-order valence-electron chi connectivity index (χ0n) is 22.3. The molecular weight excluding hydrogens is 584 g/mol. The van der Waals surface area contributed by atoms with Gasteiger partial charge in [0.25, 0.3) is 5.56 Å². The molecule has 2 aliphatic rings. The van der Waals surface area contributed by atoms with Crippen LogP contribution in [0.1, 0.15) is 48.8 Å². The Morgan fingerprint density at radius 1 is 0.950 bits per heavy atom. The van der Waals surface area contributed by atoms with Crippen LogP contribution >= 0.6 is 27.7 Å². The van der Waals surface area contributed by atoms with Crippen LogP contribution in [-0.4, -0.2) is 26.3 Å². The van der Waals surface area contributed by atoms with Crippen LogP contribution in [0.4, 0.5) is 0 Å². The Morgan fingerprint density at radius 3 is 2.45 bits per heavy atom. The predicted octanol–water partition coefficient (Wildman–Crippen LogP) is 7.37. The number of hydrogen-bond acceptors (Lipinski definition) is 5. The van der Waals surface area contributed by atoms with E-state index in [9.17, 15) is 4.79 Å². The number of ether oxygens (including phenoxy) is 1. The van der Waals surface area contributed by atoms with Gasteiger partial charge in [-0.3, -0.25) is 9.20 Å². The maximum Gasteiger partial charge on any atom is 0.263 e. The third-order valence-electron chi connectivity index (χ3n) is 8.45. The molecule has 1 fully saturated rings. The first-order valence-corrected chi connectivity index (χ1v) is 15.5. The van der Waals surface area contributed by atoms with Crippen LogP contribution in [0.25, 0.3) is 22.7 Å². The number of aromatic nitrogens is 4. The minimum atomic E-state index is -0.195. The number of rotatable bonds is 5. The lowest BCUT2D eigenvalue weighted by atomic mass is 9.62. The summed E-state index contributed by atoms with van der Waals surface area (Å²) < 4.78 is 10.4. The van der Waals surface area contributed by atoms with Crippen molar-refractivity contribution in [1.29, 1.82) is 0 Å². The Labute approximate surface area is 245 Å². The Morgan fingerprint density at radius 2 is 1.70 bits per heavy atom. The van der Waals surface area contributed by atoms with Crippen LogP contribution in [0.15, 0.2) is 87.2 Å². The van der Waals surface area contributed by atoms with Crippen molar-refractivity contribution in [3.63, 3.8) is 0 Å². The molecule has 3 aromatic carbocycles. The Hall–Kier alpha value is -3.36. The van der Waals surface area contributed by atoms with E-state index in [-0.39, 0.29) is 11.0 Å². The minimum Gasteiger partial charge on any atom is -0.497 e. The molecule has 2 aliphatic carbocycles. The van der Waals surface area contributed by atoms with Gasteiger partial charge in [0.2, 0.25) is 5.78 Å². The van der Waals surface area contributed by atoms with Gasteiger partial charge < -0.3 is 4.74 Å². The molecule has 202 valence electrons. The second-order valence-corrected chi connectivity index (χ2v) is 12.6. The summed E-state index contributed by atoms with van der Waals surface area (Å²) in [5.74, 6) is 2.03. The van der Waals surface area contributed by atoms with Crippen molar-refractivity contribution in [2.45, 2.75) is 54.8 Å². The van der Waals surface area contributed by atoms with E-state index in [1.54, 1.807) is 23.4 Å². The monoisotopic (exact) mass is 612 g/mol. The van der Waals surface area contributed by atoms with Crippen molar-refractivity contribution < 1.29 is 4.74 Å². The molecule has 5 aromatic rings. The summed E-state index contributed by atoms with van der Waals surface area (Å²) in [5.41, 5.74) is 6.09. The zero-order chi connectivity index (χ0) is 27.3. The third kappa shape index (κ3) is 4.20. The van der Waals surface area contributed by atoms with Crippen LogP contribution < -0.4 is 10.3 Å². The van der Waals surface area contributed by atoms with Crippen LogP contribution in [0.2, 0.25) is 0 Å². The maximum atomic E-state index is 14.7. The van der Waals surface area contributed by atoms with Crippen LogP contribution in [-0.2, 0) is 17.6 Å². The zero-order valence-corrected chi connectivity index (χ0v) is 24.7. The Kier molecular flexibility index (Phi) is 6.55. The summed E-state index contributed by atoms with van der Waals surface area (Å²) in [7, 11) is 1.65. The first-order valence-electron chi connectivity index (χ1n) is 13.7. The molecule has 0 N–H and O–H groups in total. The van der Waals surface area contributed by atoms with Gasteiger partial charge in [-0.2, -0.15) is 0 Å². The average molecular weight is 614 g/mol. The molecule has 0 unspecified atom stereocenters. The number of hydrogen-bond donors (Lipinski definition) is 0. The summed E-state index contributed by atoms with van der Waals surface area (Å²) in [6.45, 7) is 0. The number of nitrogens with zero attached hydrogens (tertiary/aromatic N) is 4. The first kappa shape index (κ1) is 25.6. The van der Waals surface area contributed by atoms with Gasteiger partial charge in [0.15, 0.2) is 5.16 Å². The van der Waals surface area contributed by atoms with Crippen molar-refractivity contribution in [1.82, 2.24) is 19.2 Å². The van der Waals surface area contributed by atoms with Gasteiger partial charge in [-0.25, -0.2) is 4.57 Å². The Balaban J connectivity index is 1.51. The van der Waals surface area contributed by atoms with E-state index < -0.39 is 0 Å². The largest absolute Gasteiger partial charge is 0.497 e. The highest BCUT2D eigenvalue weighted by Crippen LogP contribution is 2.49. The molecule has 40 heavy (non-hydrogen) atoms. The number of thioether (sulfide) groups is 1. The van der Waals surface area contributed by atoms with Gasteiger partial charge in [0.05, 0.1) is 18.5 Å². The molecule has 2 heterocycles. The molecule has 1 spiro atoms. The van der Waals surface area contributed by atoms with Crippen LogP contribution in [0.5, 0.6) is 5.75 Å². The molecule has 6 nitrogen and oxygen atoms in total. The van der Waals surface area contributed by atoms with E-state index in [4.69, 9.17) is 4.74 Å². The maximum absolute atomic E-state index is 14.7. The topological polar surface area (TPSA) is 61.4 Å². The number of fused-ring (bicyclic) bond motifs is 6. The molecule has 0 radical (unpaired) electrons. The van der Waals surface area contributed by atoms with E-state index in [0.29, 0.717) is 5.78 Å². The SMILES string of the molecule is COc1ccc(-n2c(=O)c3c(n4c(SCc5ccc(Br)cc5)nnc24)-c2ccccc2CC32CCCCC2)cc1. The lowest BCUT2D eigenvalue weighted by Crippen LogP contribution is -2.43. The molecule has 8 heteroatoms. The van der Waals surface area contributed by atoms with Gasteiger partial charge in [-0.05, 0) is 66.8 Å². The Bertz CT molecular complexity index is 1770. The number of benzene rings is 3. The van der Waals surface area contributed by atoms with E-state index in [1.807, 2.05) is 24.3 Å². The lowest BCUT2D eigenvalue weighted by molar-refractivity contribution is 0.284.